The molecule has 2 aromatic carbocycles. The van der Waals surface area contributed by atoms with E-state index in [9.17, 15) is 18.0 Å². The largest absolute Gasteiger partial charge is 0.497 e. The predicted molar refractivity (Wildman–Crippen MR) is 134 cm³/mol. The van der Waals surface area contributed by atoms with Crippen LogP contribution in [-0.2, 0) is 26.2 Å². The molecule has 0 aliphatic rings. The molecular weight excluding hydrogens is 454 g/mol. The number of sulfonamides is 1. The van der Waals surface area contributed by atoms with Gasteiger partial charge < -0.3 is 15.0 Å². The molecule has 8 nitrogen and oxygen atoms in total. The first kappa shape index (κ1) is 27.2. The lowest BCUT2D eigenvalue weighted by molar-refractivity contribution is -0.140. The molecule has 0 aliphatic carbocycles. The van der Waals surface area contributed by atoms with Gasteiger partial charge in [0.15, 0.2) is 0 Å². The van der Waals surface area contributed by atoms with Gasteiger partial charge in [-0.2, -0.15) is 0 Å². The third-order valence-electron chi connectivity index (χ3n) is 5.45. The van der Waals surface area contributed by atoms with Crippen molar-refractivity contribution in [1.29, 1.82) is 0 Å². The van der Waals surface area contributed by atoms with E-state index >= 15 is 0 Å². The topological polar surface area (TPSA) is 96.0 Å². The van der Waals surface area contributed by atoms with Crippen molar-refractivity contribution in [2.75, 3.05) is 30.8 Å². The fourth-order valence-electron chi connectivity index (χ4n) is 3.66. The molecule has 0 heterocycles. The summed E-state index contributed by atoms with van der Waals surface area (Å²) < 4.78 is 31.4. The molecule has 1 atom stereocenters. The van der Waals surface area contributed by atoms with Crippen LogP contribution in [0.5, 0.6) is 5.75 Å². The molecule has 0 radical (unpaired) electrons. The minimum Gasteiger partial charge on any atom is -0.497 e. The minimum atomic E-state index is -3.52. The van der Waals surface area contributed by atoms with Crippen molar-refractivity contribution in [2.24, 2.45) is 0 Å². The zero-order valence-corrected chi connectivity index (χ0v) is 21.4. The Kier molecular flexibility index (Phi) is 9.92. The Labute approximate surface area is 202 Å². The highest BCUT2D eigenvalue weighted by Gasteiger charge is 2.26. The van der Waals surface area contributed by atoms with Gasteiger partial charge in [0.05, 0.1) is 19.1 Å². The molecule has 0 fully saturated rings. The quantitative estimate of drug-likeness (QED) is 0.494. The maximum absolute atomic E-state index is 13.2. The molecule has 34 heavy (non-hydrogen) atoms. The number of anilines is 1. The Morgan fingerprint density at radius 2 is 1.82 bits per heavy atom. The van der Waals surface area contributed by atoms with Crippen LogP contribution >= 0.6 is 0 Å². The summed E-state index contributed by atoms with van der Waals surface area (Å²) in [6.45, 7) is 6.28. The number of nitrogens with one attached hydrogen (secondary N) is 1. The molecule has 0 saturated heterocycles. The SMILES string of the molecule is CCNC(=O)[C@@H](C)N(Cc1cccc(OC)c1)C(=O)CCCN(c1cccc(C)c1)S(C)(=O)=O. The molecular formula is C25H35N3O5S. The van der Waals surface area contributed by atoms with E-state index in [0.29, 0.717) is 24.4 Å². The summed E-state index contributed by atoms with van der Waals surface area (Å²) in [6, 6.07) is 13.9. The molecule has 2 aromatic rings. The second-order valence-electron chi connectivity index (χ2n) is 8.22. The lowest BCUT2D eigenvalue weighted by Crippen LogP contribution is -2.47. The molecule has 2 rings (SSSR count). The molecule has 0 unspecified atom stereocenters. The molecule has 0 bridgehead atoms. The smallest absolute Gasteiger partial charge is 0.242 e. The second kappa shape index (κ2) is 12.4. The minimum absolute atomic E-state index is 0.103. The molecule has 1 N–H and O–H groups in total. The first-order chi connectivity index (χ1) is 16.1. The van der Waals surface area contributed by atoms with Crippen molar-refractivity contribution in [3.63, 3.8) is 0 Å². The lowest BCUT2D eigenvalue weighted by Gasteiger charge is -2.29. The normalized spacial score (nSPS) is 12.0. The van der Waals surface area contributed by atoms with Gasteiger partial charge in [-0.3, -0.25) is 13.9 Å². The Morgan fingerprint density at radius 1 is 1.12 bits per heavy atom. The summed E-state index contributed by atoms with van der Waals surface area (Å²) in [5, 5.41) is 2.76. The van der Waals surface area contributed by atoms with Crippen molar-refractivity contribution in [1.82, 2.24) is 10.2 Å². The van der Waals surface area contributed by atoms with E-state index in [4.69, 9.17) is 4.74 Å². The summed E-state index contributed by atoms with van der Waals surface area (Å²) >= 11 is 0. The number of rotatable bonds is 12. The standard InChI is InChI=1S/C25H35N3O5S/c1-6-26-25(30)20(3)27(18-21-11-8-13-23(17-21)33-4)24(29)14-9-15-28(34(5,31)32)22-12-7-10-19(2)16-22/h7-8,10-13,16-17,20H,6,9,14-15,18H2,1-5H3,(H,26,30)/t20-/m1/s1. The van der Waals surface area contributed by atoms with Crippen molar-refractivity contribution in [3.8, 4) is 5.75 Å². The monoisotopic (exact) mass is 489 g/mol. The fraction of sp³-hybridized carbons (Fsp3) is 0.440. The van der Waals surface area contributed by atoms with Crippen LogP contribution in [0.2, 0.25) is 0 Å². The number of carbonyl (C=O) groups excluding carboxylic acids is 2. The summed E-state index contributed by atoms with van der Waals surface area (Å²) in [5.74, 6) is 0.202. The van der Waals surface area contributed by atoms with Crippen LogP contribution in [0.1, 0.15) is 37.8 Å². The molecule has 0 spiro atoms. The fourth-order valence-corrected chi connectivity index (χ4v) is 4.62. The van der Waals surface area contributed by atoms with Crippen LogP contribution < -0.4 is 14.4 Å². The van der Waals surface area contributed by atoms with Crippen molar-refractivity contribution < 1.29 is 22.7 Å². The van der Waals surface area contributed by atoms with Crippen LogP contribution in [0.4, 0.5) is 5.69 Å². The molecule has 186 valence electrons. The van der Waals surface area contributed by atoms with Crippen LogP contribution in [0.15, 0.2) is 48.5 Å². The van der Waals surface area contributed by atoms with E-state index in [1.165, 1.54) is 9.21 Å². The van der Waals surface area contributed by atoms with Gasteiger partial charge in [-0.1, -0.05) is 24.3 Å². The van der Waals surface area contributed by atoms with Crippen molar-refractivity contribution >= 4 is 27.5 Å². The Balaban J connectivity index is 2.17. The summed E-state index contributed by atoms with van der Waals surface area (Å²) in [6.07, 6.45) is 1.57. The van der Waals surface area contributed by atoms with E-state index in [1.807, 2.05) is 44.2 Å². The molecule has 9 heteroatoms. The number of methoxy groups -OCH3 is 1. The lowest BCUT2D eigenvalue weighted by atomic mass is 10.1. The number of benzene rings is 2. The first-order valence-electron chi connectivity index (χ1n) is 11.3. The Hall–Kier alpha value is -3.07. The van der Waals surface area contributed by atoms with Gasteiger partial charge in [0.1, 0.15) is 11.8 Å². The van der Waals surface area contributed by atoms with E-state index in [-0.39, 0.29) is 31.3 Å². The summed E-state index contributed by atoms with van der Waals surface area (Å²) in [4.78, 5) is 27.3. The number of hydrogen-bond acceptors (Lipinski definition) is 5. The highest BCUT2D eigenvalue weighted by atomic mass is 32.2. The predicted octanol–water partition coefficient (Wildman–Crippen LogP) is 3.10. The Bertz CT molecular complexity index is 1090. The van der Waals surface area contributed by atoms with Gasteiger partial charge >= 0.3 is 0 Å². The van der Waals surface area contributed by atoms with Gasteiger partial charge in [0, 0.05) is 26.1 Å². The van der Waals surface area contributed by atoms with E-state index in [2.05, 4.69) is 5.32 Å². The number of hydrogen-bond donors (Lipinski definition) is 1. The number of ether oxygens (including phenoxy) is 1. The van der Waals surface area contributed by atoms with Crippen LogP contribution in [-0.4, -0.2) is 57.6 Å². The number of carbonyl (C=O) groups is 2. The summed E-state index contributed by atoms with van der Waals surface area (Å²) in [7, 11) is -1.95. The van der Waals surface area contributed by atoms with E-state index in [1.54, 1.807) is 32.2 Å². The Morgan fingerprint density at radius 3 is 2.44 bits per heavy atom. The molecule has 2 amide bonds. The maximum Gasteiger partial charge on any atom is 0.242 e. The molecule has 0 aromatic heterocycles. The molecule has 0 aliphatic heterocycles. The number of aryl methyl sites for hydroxylation is 1. The highest BCUT2D eigenvalue weighted by molar-refractivity contribution is 7.92. The van der Waals surface area contributed by atoms with Gasteiger partial charge in [0.2, 0.25) is 21.8 Å². The van der Waals surface area contributed by atoms with E-state index < -0.39 is 16.1 Å². The second-order valence-corrected chi connectivity index (χ2v) is 10.1. The first-order valence-corrected chi connectivity index (χ1v) is 13.2. The molecule has 0 saturated carbocycles. The number of amides is 2. The zero-order chi connectivity index (χ0) is 25.3. The van der Waals surface area contributed by atoms with Gasteiger partial charge in [-0.25, -0.2) is 8.42 Å². The summed E-state index contributed by atoms with van der Waals surface area (Å²) in [5.41, 5.74) is 2.35. The third-order valence-corrected chi connectivity index (χ3v) is 6.64. The van der Waals surface area contributed by atoms with Crippen LogP contribution in [0.3, 0.4) is 0 Å². The van der Waals surface area contributed by atoms with Crippen molar-refractivity contribution in [3.05, 3.63) is 59.7 Å². The maximum atomic E-state index is 13.2. The number of nitrogens with zero attached hydrogens (tertiary/aromatic N) is 2. The third kappa shape index (κ3) is 7.76. The average molecular weight is 490 g/mol. The van der Waals surface area contributed by atoms with E-state index in [0.717, 1.165) is 17.4 Å². The van der Waals surface area contributed by atoms with Crippen LogP contribution in [0.25, 0.3) is 0 Å². The average Bonchev–Trinajstić information content (AvgIpc) is 2.79. The highest BCUT2D eigenvalue weighted by Crippen LogP contribution is 2.21. The van der Waals surface area contributed by atoms with Gasteiger partial charge in [0.25, 0.3) is 0 Å². The van der Waals surface area contributed by atoms with Crippen LogP contribution in [0, 0.1) is 6.92 Å². The van der Waals surface area contributed by atoms with Gasteiger partial charge in [-0.15, -0.1) is 0 Å². The van der Waals surface area contributed by atoms with Gasteiger partial charge in [-0.05, 0) is 62.6 Å². The van der Waals surface area contributed by atoms with Crippen molar-refractivity contribution in [2.45, 2.75) is 46.2 Å². The number of likely N-dealkylation sites (N-methyl/N-ethyl adjacent to an activating group) is 1. The zero-order valence-electron chi connectivity index (χ0n) is 20.6.